The first-order valence-electron chi connectivity index (χ1n) is 30.8. The maximum Gasteiger partial charge on any atom is 0.306 e. The minimum absolute atomic E-state index is 0.114. The molecule has 0 fully saturated rings. The number of unbranched alkanes of at least 4 members (excludes halogenated alkanes) is 19. The lowest BCUT2D eigenvalue weighted by molar-refractivity contribution is -0.167. The van der Waals surface area contributed by atoms with Gasteiger partial charge in [0.1, 0.15) is 13.2 Å². The van der Waals surface area contributed by atoms with Crippen molar-refractivity contribution >= 4 is 17.9 Å². The van der Waals surface area contributed by atoms with E-state index in [2.05, 4.69) is 167 Å². The first kappa shape index (κ1) is 71.3. The maximum atomic E-state index is 12.9. The van der Waals surface area contributed by atoms with Crippen LogP contribution in [0.1, 0.15) is 258 Å². The average molecular weight is 1050 g/mol. The summed E-state index contributed by atoms with van der Waals surface area (Å²) in [5, 5.41) is 0. The number of hydrogen-bond acceptors (Lipinski definition) is 6. The summed E-state index contributed by atoms with van der Waals surface area (Å²) in [6.45, 7) is 6.34. The van der Waals surface area contributed by atoms with Crippen LogP contribution in [-0.4, -0.2) is 37.2 Å². The lowest BCUT2D eigenvalue weighted by Gasteiger charge is -2.18. The fraction of sp³-hybridized carbons (Fsp3) is 0.614. The van der Waals surface area contributed by atoms with Crippen molar-refractivity contribution in [1.82, 2.24) is 0 Å². The topological polar surface area (TPSA) is 78.9 Å². The summed E-state index contributed by atoms with van der Waals surface area (Å²) in [5.41, 5.74) is 0. The standard InChI is InChI=1S/C70H112O6/c1-4-7-10-13-16-19-22-25-27-29-31-32-33-34-35-36-37-38-39-41-42-45-48-51-54-57-60-63-69(72)75-66-67(65-74-68(71)62-59-56-53-50-47-44-24-21-18-15-12-9-6-3)76-70(73)64-61-58-55-52-49-46-43-40-30-28-26-23-20-17-14-11-8-5-2/h7,9-10,12,16,18-19,21,25,27-28,30-32,34-35,37-38,41-42,44,47-48,51,67H,4-6,8,11,13-15,17,20,22-24,26,29,33,36,39-40,43,45-46,49-50,52-66H2,1-3H3/b10-7-,12-9-,19-16-,21-18-,27-25-,30-28-,32-31-,35-34-,38-37-,42-41-,47-44-,51-48-. The lowest BCUT2D eigenvalue weighted by Crippen LogP contribution is -2.30. The molecule has 1 atom stereocenters. The Morgan fingerprint density at radius 2 is 0.513 bits per heavy atom. The van der Waals surface area contributed by atoms with E-state index >= 15 is 0 Å². The third-order valence-corrected chi connectivity index (χ3v) is 12.6. The molecule has 6 heteroatoms. The van der Waals surface area contributed by atoms with Crippen LogP contribution in [0.3, 0.4) is 0 Å². The summed E-state index contributed by atoms with van der Waals surface area (Å²) < 4.78 is 16.8. The zero-order valence-electron chi connectivity index (χ0n) is 49.0. The SMILES string of the molecule is CC/C=C\C/C=C\C/C=C\C/C=C\C/C=C\C/C=C\C/C=C\C/C=C\CCCCC(=O)OCC(COC(=O)CCCCC/C=C\C/C=C\C/C=C\CC)OC(=O)CCCCCCCCC/C=C\CCCCCCCCC. The van der Waals surface area contributed by atoms with Gasteiger partial charge in [-0.2, -0.15) is 0 Å². The van der Waals surface area contributed by atoms with Crippen LogP contribution >= 0.6 is 0 Å². The van der Waals surface area contributed by atoms with Crippen LogP contribution in [-0.2, 0) is 28.6 Å². The van der Waals surface area contributed by atoms with Crippen LogP contribution in [0.25, 0.3) is 0 Å². The molecule has 428 valence electrons. The summed E-state index contributed by atoms with van der Waals surface area (Å²) in [5.74, 6) is -0.992. The summed E-state index contributed by atoms with van der Waals surface area (Å²) >= 11 is 0. The van der Waals surface area contributed by atoms with Gasteiger partial charge < -0.3 is 14.2 Å². The maximum absolute atomic E-state index is 12.9. The van der Waals surface area contributed by atoms with Crippen molar-refractivity contribution in [3.05, 3.63) is 146 Å². The lowest BCUT2D eigenvalue weighted by atomic mass is 10.1. The molecule has 0 radical (unpaired) electrons. The Hall–Kier alpha value is -4.71. The number of carbonyl (C=O) groups excluding carboxylic acids is 3. The van der Waals surface area contributed by atoms with Crippen LogP contribution in [0.15, 0.2) is 146 Å². The Labute approximate surface area is 467 Å². The molecule has 0 aliphatic rings. The predicted molar refractivity (Wildman–Crippen MR) is 329 cm³/mol. The van der Waals surface area contributed by atoms with Crippen molar-refractivity contribution in [1.29, 1.82) is 0 Å². The fourth-order valence-corrected chi connectivity index (χ4v) is 8.00. The number of ether oxygens (including phenoxy) is 3. The number of rotatable bonds is 54. The van der Waals surface area contributed by atoms with E-state index in [0.717, 1.165) is 128 Å². The van der Waals surface area contributed by atoms with E-state index in [-0.39, 0.29) is 31.1 Å². The highest BCUT2D eigenvalue weighted by atomic mass is 16.6. The first-order valence-corrected chi connectivity index (χ1v) is 30.8. The first-order chi connectivity index (χ1) is 37.5. The van der Waals surface area contributed by atoms with Gasteiger partial charge in [-0.3, -0.25) is 14.4 Å². The Morgan fingerprint density at radius 3 is 0.855 bits per heavy atom. The van der Waals surface area contributed by atoms with Gasteiger partial charge in [0.2, 0.25) is 0 Å². The second-order valence-corrected chi connectivity index (χ2v) is 19.8. The molecule has 0 saturated heterocycles. The Bertz CT molecular complexity index is 1680. The molecule has 0 rings (SSSR count). The highest BCUT2D eigenvalue weighted by Crippen LogP contribution is 2.14. The highest BCUT2D eigenvalue weighted by molar-refractivity contribution is 5.71. The van der Waals surface area contributed by atoms with Crippen molar-refractivity contribution in [2.45, 2.75) is 264 Å². The van der Waals surface area contributed by atoms with Gasteiger partial charge in [-0.05, 0) is 141 Å². The van der Waals surface area contributed by atoms with Gasteiger partial charge in [0.15, 0.2) is 6.10 Å². The minimum atomic E-state index is -0.817. The third-order valence-electron chi connectivity index (χ3n) is 12.6. The van der Waals surface area contributed by atoms with E-state index in [9.17, 15) is 14.4 Å². The van der Waals surface area contributed by atoms with Gasteiger partial charge in [0.05, 0.1) is 0 Å². The van der Waals surface area contributed by atoms with Crippen molar-refractivity contribution in [3.8, 4) is 0 Å². The van der Waals surface area contributed by atoms with Crippen LogP contribution < -0.4 is 0 Å². The van der Waals surface area contributed by atoms with Crippen molar-refractivity contribution < 1.29 is 28.6 Å². The number of hydrogen-bond donors (Lipinski definition) is 0. The molecule has 0 aliphatic carbocycles. The highest BCUT2D eigenvalue weighted by Gasteiger charge is 2.19. The van der Waals surface area contributed by atoms with Gasteiger partial charge in [0.25, 0.3) is 0 Å². The van der Waals surface area contributed by atoms with Crippen LogP contribution in [0.4, 0.5) is 0 Å². The summed E-state index contributed by atoms with van der Waals surface area (Å²) in [6.07, 6.45) is 89.9. The normalized spacial score (nSPS) is 13.1. The number of esters is 3. The van der Waals surface area contributed by atoms with E-state index in [1.165, 1.54) is 83.5 Å². The third kappa shape index (κ3) is 60.2. The fourth-order valence-electron chi connectivity index (χ4n) is 8.00. The number of allylic oxidation sites excluding steroid dienone is 24. The van der Waals surface area contributed by atoms with Crippen molar-refractivity contribution in [2.24, 2.45) is 0 Å². The van der Waals surface area contributed by atoms with E-state index in [0.29, 0.717) is 25.7 Å². The molecule has 1 unspecified atom stereocenters. The van der Waals surface area contributed by atoms with Crippen LogP contribution in [0, 0.1) is 0 Å². The molecule has 0 spiro atoms. The molecule has 0 aromatic carbocycles. The minimum Gasteiger partial charge on any atom is -0.462 e. The van der Waals surface area contributed by atoms with Crippen LogP contribution in [0.5, 0.6) is 0 Å². The zero-order chi connectivity index (χ0) is 55.0. The Kier molecular flexibility index (Phi) is 58.9. The number of carbonyl (C=O) groups is 3. The van der Waals surface area contributed by atoms with Gasteiger partial charge in [-0.1, -0.05) is 244 Å². The van der Waals surface area contributed by atoms with Crippen molar-refractivity contribution in [3.63, 3.8) is 0 Å². The monoisotopic (exact) mass is 1050 g/mol. The summed E-state index contributed by atoms with van der Waals surface area (Å²) in [7, 11) is 0. The molecule has 0 aromatic heterocycles. The van der Waals surface area contributed by atoms with E-state index in [1.54, 1.807) is 0 Å². The van der Waals surface area contributed by atoms with Gasteiger partial charge in [-0.25, -0.2) is 0 Å². The van der Waals surface area contributed by atoms with Gasteiger partial charge >= 0.3 is 17.9 Å². The molecule has 6 nitrogen and oxygen atoms in total. The molecule has 0 saturated carbocycles. The zero-order valence-corrected chi connectivity index (χ0v) is 49.0. The van der Waals surface area contributed by atoms with E-state index < -0.39 is 6.10 Å². The Balaban J connectivity index is 4.47. The molecular formula is C70H112O6. The van der Waals surface area contributed by atoms with Gasteiger partial charge in [0, 0.05) is 19.3 Å². The van der Waals surface area contributed by atoms with Crippen LogP contribution in [0.2, 0.25) is 0 Å². The quantitative estimate of drug-likeness (QED) is 0.0261. The van der Waals surface area contributed by atoms with E-state index in [4.69, 9.17) is 14.2 Å². The average Bonchev–Trinajstić information content (AvgIpc) is 3.42. The van der Waals surface area contributed by atoms with Gasteiger partial charge in [-0.15, -0.1) is 0 Å². The second kappa shape index (κ2) is 62.8. The molecule has 0 amide bonds. The molecule has 76 heavy (non-hydrogen) atoms. The molecular weight excluding hydrogens is 937 g/mol. The molecule has 0 aromatic rings. The molecule has 0 N–H and O–H groups in total. The second-order valence-electron chi connectivity index (χ2n) is 19.8. The predicted octanol–water partition coefficient (Wildman–Crippen LogP) is 21.2. The molecule has 0 bridgehead atoms. The molecule has 0 aliphatic heterocycles. The summed E-state index contributed by atoms with van der Waals surface area (Å²) in [6, 6.07) is 0. The summed E-state index contributed by atoms with van der Waals surface area (Å²) in [4.78, 5) is 38.2. The smallest absolute Gasteiger partial charge is 0.306 e. The van der Waals surface area contributed by atoms with Crippen molar-refractivity contribution in [2.75, 3.05) is 13.2 Å². The molecule has 0 heterocycles. The Morgan fingerprint density at radius 1 is 0.276 bits per heavy atom. The van der Waals surface area contributed by atoms with E-state index in [1.807, 2.05) is 0 Å². The largest absolute Gasteiger partial charge is 0.462 e.